The number of anilines is 2. The van der Waals surface area contributed by atoms with Gasteiger partial charge in [-0.05, 0) is 50.6 Å². The first kappa shape index (κ1) is 32.5. The molecule has 0 aliphatic carbocycles. The fraction of sp³-hybridized carbons (Fsp3) is 0.393. The monoisotopic (exact) mass is 596 g/mol. The van der Waals surface area contributed by atoms with Crippen molar-refractivity contribution in [3.8, 4) is 17.1 Å². The fourth-order valence-corrected chi connectivity index (χ4v) is 4.06. The molecule has 9 nitrogen and oxygen atoms in total. The van der Waals surface area contributed by atoms with Crippen molar-refractivity contribution >= 4 is 17.3 Å². The van der Waals surface area contributed by atoms with Crippen LogP contribution in [0.4, 0.5) is 33.3 Å². The summed E-state index contributed by atoms with van der Waals surface area (Å²) in [7, 11) is 1.66. The molecule has 228 valence electrons. The van der Waals surface area contributed by atoms with Gasteiger partial charge in [0.15, 0.2) is 5.82 Å². The Morgan fingerprint density at radius 3 is 2.48 bits per heavy atom. The second kappa shape index (κ2) is 13.7. The number of hydrogen-bond donors (Lipinski definition) is 5. The molecule has 14 heteroatoms. The maximum Gasteiger partial charge on any atom is 0.417 e. The van der Waals surface area contributed by atoms with Crippen molar-refractivity contribution in [2.75, 3.05) is 31.2 Å². The average molecular weight is 597 g/mol. The van der Waals surface area contributed by atoms with E-state index in [9.17, 15) is 27.5 Å². The van der Waals surface area contributed by atoms with Crippen molar-refractivity contribution in [2.45, 2.75) is 52.6 Å². The van der Waals surface area contributed by atoms with Crippen molar-refractivity contribution in [3.63, 3.8) is 0 Å². The molecule has 0 bridgehead atoms. The lowest BCUT2D eigenvalue weighted by Gasteiger charge is -2.23. The lowest BCUT2D eigenvalue weighted by atomic mass is 9.95. The van der Waals surface area contributed by atoms with Crippen LogP contribution in [0.15, 0.2) is 24.4 Å². The number of benzene rings is 1. The Bertz CT molecular complexity index is 1420. The van der Waals surface area contributed by atoms with E-state index >= 15 is 4.39 Å². The van der Waals surface area contributed by atoms with Gasteiger partial charge < -0.3 is 31.5 Å². The predicted molar refractivity (Wildman–Crippen MR) is 148 cm³/mol. The fourth-order valence-electron chi connectivity index (χ4n) is 4.06. The Balaban J connectivity index is 2.33. The number of amides is 1. The van der Waals surface area contributed by atoms with Crippen LogP contribution >= 0.6 is 0 Å². The SMILES string of the molecule is CCC(C)Oc1nc(-c2cc(N)c(F)c(C)c2C(F)(F)F)c(F)c(NCc2ccc(CO)nc2)c1C(=O)NCCNC. The number of carbonyl (C=O) groups is 1. The van der Waals surface area contributed by atoms with Crippen molar-refractivity contribution in [1.82, 2.24) is 20.6 Å². The number of likely N-dealkylation sites (N-methyl/N-ethyl adjacent to an activating group) is 1. The van der Waals surface area contributed by atoms with Gasteiger partial charge >= 0.3 is 6.18 Å². The third-order valence-corrected chi connectivity index (χ3v) is 6.46. The number of nitrogen functional groups attached to an aromatic ring is 1. The van der Waals surface area contributed by atoms with Crippen LogP contribution in [0.5, 0.6) is 5.88 Å². The van der Waals surface area contributed by atoms with Crippen molar-refractivity contribution < 1.29 is 36.6 Å². The minimum absolute atomic E-state index is 0.116. The second-order valence-corrected chi connectivity index (χ2v) is 9.52. The molecule has 1 amide bonds. The molecule has 0 aliphatic rings. The zero-order valence-electron chi connectivity index (χ0n) is 23.5. The lowest BCUT2D eigenvalue weighted by Crippen LogP contribution is -2.32. The zero-order chi connectivity index (χ0) is 31.2. The number of pyridine rings is 2. The van der Waals surface area contributed by atoms with Crippen LogP contribution in [-0.2, 0) is 19.3 Å². The molecular weight excluding hydrogens is 563 g/mol. The summed E-state index contributed by atoms with van der Waals surface area (Å²) in [6.07, 6.45) is -3.83. The molecule has 1 aromatic carbocycles. The standard InChI is InChI=1S/C28H33F5N6O3/c1-5-14(2)42-27-20(26(41)36-9-8-35-4)25(38-12-16-6-7-17(13-40)37-11-16)23(30)24(39-27)18-10-19(34)22(29)15(3)21(18)28(31,32)33/h6-7,10-11,14,35,40H,5,8-9,12-13,34H2,1-4H3,(H,36,41)(H,38,39). The summed E-state index contributed by atoms with van der Waals surface area (Å²) in [6.45, 7) is 4.40. The number of nitrogens with two attached hydrogens (primary N) is 1. The number of aromatic nitrogens is 2. The minimum atomic E-state index is -5.10. The maximum atomic E-state index is 16.4. The van der Waals surface area contributed by atoms with E-state index in [0.717, 1.165) is 6.92 Å². The molecule has 42 heavy (non-hydrogen) atoms. The Morgan fingerprint density at radius 2 is 1.90 bits per heavy atom. The van der Waals surface area contributed by atoms with Gasteiger partial charge in [0.05, 0.1) is 35.3 Å². The van der Waals surface area contributed by atoms with Crippen molar-refractivity contribution in [1.29, 1.82) is 0 Å². The number of nitrogens with one attached hydrogen (secondary N) is 3. The number of rotatable bonds is 12. The summed E-state index contributed by atoms with van der Waals surface area (Å²) < 4.78 is 79.4. The molecule has 0 aliphatic heterocycles. The Kier molecular flexibility index (Phi) is 10.6. The summed E-state index contributed by atoms with van der Waals surface area (Å²) in [4.78, 5) is 21.5. The maximum absolute atomic E-state index is 16.4. The predicted octanol–water partition coefficient (Wildman–Crippen LogP) is 4.56. The highest BCUT2D eigenvalue weighted by Crippen LogP contribution is 2.44. The van der Waals surface area contributed by atoms with E-state index in [1.807, 2.05) is 0 Å². The Labute approximate surface area is 239 Å². The quantitative estimate of drug-likeness (QED) is 0.117. The van der Waals surface area contributed by atoms with E-state index in [1.165, 1.54) is 12.3 Å². The van der Waals surface area contributed by atoms with Gasteiger partial charge in [-0.3, -0.25) is 9.78 Å². The molecule has 3 aromatic rings. The Hall–Kier alpha value is -4.04. The van der Waals surface area contributed by atoms with Gasteiger partial charge in [0, 0.05) is 31.4 Å². The molecule has 2 heterocycles. The first-order valence-electron chi connectivity index (χ1n) is 13.1. The van der Waals surface area contributed by atoms with E-state index in [0.29, 0.717) is 30.3 Å². The van der Waals surface area contributed by atoms with E-state index in [2.05, 4.69) is 25.9 Å². The second-order valence-electron chi connectivity index (χ2n) is 9.52. The van der Waals surface area contributed by atoms with Crippen molar-refractivity contribution in [3.05, 3.63) is 64.0 Å². The zero-order valence-corrected chi connectivity index (χ0v) is 23.5. The topological polar surface area (TPSA) is 134 Å². The molecule has 6 N–H and O–H groups in total. The normalized spacial score (nSPS) is 12.2. The number of hydrogen-bond acceptors (Lipinski definition) is 8. The highest BCUT2D eigenvalue weighted by molar-refractivity contribution is 6.03. The summed E-state index contributed by atoms with van der Waals surface area (Å²) >= 11 is 0. The van der Waals surface area contributed by atoms with Gasteiger partial charge in [0.1, 0.15) is 17.1 Å². The van der Waals surface area contributed by atoms with Gasteiger partial charge in [-0.2, -0.15) is 13.2 Å². The summed E-state index contributed by atoms with van der Waals surface area (Å²) in [5.74, 6) is -3.81. The highest BCUT2D eigenvalue weighted by Gasteiger charge is 2.39. The molecule has 1 unspecified atom stereocenters. The van der Waals surface area contributed by atoms with E-state index in [4.69, 9.17) is 10.5 Å². The lowest BCUT2D eigenvalue weighted by molar-refractivity contribution is -0.137. The Morgan fingerprint density at radius 1 is 1.19 bits per heavy atom. The van der Waals surface area contributed by atoms with Crippen LogP contribution in [0.25, 0.3) is 11.3 Å². The van der Waals surface area contributed by atoms with Gasteiger partial charge in [-0.1, -0.05) is 13.0 Å². The van der Waals surface area contributed by atoms with Gasteiger partial charge in [-0.25, -0.2) is 13.8 Å². The first-order chi connectivity index (χ1) is 19.8. The first-order valence-corrected chi connectivity index (χ1v) is 13.1. The summed E-state index contributed by atoms with van der Waals surface area (Å²) in [6, 6.07) is 3.80. The molecule has 0 radical (unpaired) electrons. The van der Waals surface area contributed by atoms with Gasteiger partial charge in [0.25, 0.3) is 5.91 Å². The average Bonchev–Trinajstić information content (AvgIpc) is 2.95. The molecule has 3 rings (SSSR count). The molecule has 0 saturated carbocycles. The number of aliphatic hydroxyl groups excluding tert-OH is 1. The van der Waals surface area contributed by atoms with Crippen LogP contribution in [-0.4, -0.2) is 47.2 Å². The number of carbonyl (C=O) groups excluding carboxylic acids is 1. The molecule has 1 atom stereocenters. The van der Waals surface area contributed by atoms with Crippen LogP contribution < -0.4 is 26.4 Å². The smallest absolute Gasteiger partial charge is 0.417 e. The van der Waals surface area contributed by atoms with E-state index < -0.39 is 69.5 Å². The molecular formula is C28H33F5N6O3. The number of nitrogens with zero attached hydrogens (tertiary/aromatic N) is 2. The minimum Gasteiger partial charge on any atom is -0.474 e. The van der Waals surface area contributed by atoms with Crippen molar-refractivity contribution in [2.24, 2.45) is 0 Å². The number of alkyl halides is 3. The third-order valence-electron chi connectivity index (χ3n) is 6.46. The number of ether oxygens (including phenoxy) is 1. The summed E-state index contributed by atoms with van der Waals surface area (Å²) in [5, 5.41) is 17.5. The molecule has 0 fully saturated rings. The summed E-state index contributed by atoms with van der Waals surface area (Å²) in [5.41, 5.74) is 1.12. The van der Waals surface area contributed by atoms with Gasteiger partial charge in [0.2, 0.25) is 5.88 Å². The largest absolute Gasteiger partial charge is 0.474 e. The van der Waals surface area contributed by atoms with Crippen LogP contribution in [0.2, 0.25) is 0 Å². The van der Waals surface area contributed by atoms with Crippen LogP contribution in [0.3, 0.4) is 0 Å². The van der Waals surface area contributed by atoms with E-state index in [-0.39, 0.29) is 25.3 Å². The van der Waals surface area contributed by atoms with Gasteiger partial charge in [-0.15, -0.1) is 0 Å². The van der Waals surface area contributed by atoms with Crippen LogP contribution in [0.1, 0.15) is 53.0 Å². The number of halogens is 5. The molecule has 0 spiro atoms. The molecule has 0 saturated heterocycles. The molecule has 2 aromatic heterocycles. The number of aliphatic hydroxyl groups is 1. The third kappa shape index (κ3) is 7.23. The van der Waals surface area contributed by atoms with Crippen LogP contribution in [0, 0.1) is 18.6 Å². The highest BCUT2D eigenvalue weighted by atomic mass is 19.4. The van der Waals surface area contributed by atoms with E-state index in [1.54, 1.807) is 27.0 Å².